The maximum atomic E-state index is 13.0. The molecule has 0 aliphatic rings. The molecule has 1 N–H and O–H groups in total. The largest absolute Gasteiger partial charge is 0.444 e. The number of amides is 1. The Morgan fingerprint density at radius 3 is 2.59 bits per heavy atom. The highest BCUT2D eigenvalue weighted by molar-refractivity contribution is 7.09. The van der Waals surface area contributed by atoms with Gasteiger partial charge < -0.3 is 14.2 Å². The molecule has 0 atom stereocenters. The van der Waals surface area contributed by atoms with Crippen LogP contribution in [0, 0.1) is 0 Å². The number of carbonyl (C=O) groups excluding carboxylic acids is 1. The van der Waals surface area contributed by atoms with Gasteiger partial charge in [-0.25, -0.2) is 14.3 Å². The third-order valence-corrected chi connectivity index (χ3v) is 5.14. The molecule has 0 aliphatic heterocycles. The molecule has 8 nitrogen and oxygen atoms in total. The van der Waals surface area contributed by atoms with Gasteiger partial charge in [0.05, 0.1) is 12.6 Å². The number of ether oxygens (including phenoxy) is 3. The number of benzene rings is 1. The van der Waals surface area contributed by atoms with Crippen molar-refractivity contribution in [3.8, 4) is 0 Å². The highest BCUT2D eigenvalue weighted by atomic mass is 32.1. The number of thiophene rings is 1. The average Bonchev–Trinajstić information content (AvgIpc) is 3.26. The summed E-state index contributed by atoms with van der Waals surface area (Å²) in [5, 5.41) is 4.36. The van der Waals surface area contributed by atoms with Gasteiger partial charge >= 0.3 is 6.09 Å². The second-order valence-electron chi connectivity index (χ2n) is 6.05. The Balaban J connectivity index is 1.78. The summed E-state index contributed by atoms with van der Waals surface area (Å²) in [5.41, 5.74) is 0.257. The van der Waals surface area contributed by atoms with E-state index in [-0.39, 0.29) is 12.3 Å². The smallest absolute Gasteiger partial charge is 0.412 e. The highest BCUT2D eigenvalue weighted by Gasteiger charge is 2.35. The van der Waals surface area contributed by atoms with Crippen LogP contribution < -0.4 is 10.9 Å². The van der Waals surface area contributed by atoms with Crippen LogP contribution in [0.4, 0.5) is 10.5 Å². The first-order valence-electron chi connectivity index (χ1n) is 8.75. The standard InChI is InChI=1S/C20H21N3O5S/c1-26-20(27-2,11-16-9-6-10-29-16)23-14-21-12-17(18(23)24)22-19(25)28-13-15-7-4-3-5-8-15/h3-10,12,14H,11,13H2,1-2H3,(H,22,25). The van der Waals surface area contributed by atoms with Gasteiger partial charge in [0.2, 0.25) is 0 Å². The maximum Gasteiger partial charge on any atom is 0.412 e. The Hall–Kier alpha value is -3.01. The number of anilines is 1. The van der Waals surface area contributed by atoms with Gasteiger partial charge in [-0.15, -0.1) is 11.3 Å². The van der Waals surface area contributed by atoms with Crippen LogP contribution in [-0.2, 0) is 33.1 Å². The second kappa shape index (κ2) is 9.46. The van der Waals surface area contributed by atoms with Crippen LogP contribution in [0.2, 0.25) is 0 Å². The predicted octanol–water partition coefficient (Wildman–Crippen LogP) is 3.20. The molecule has 0 saturated heterocycles. The normalized spacial score (nSPS) is 11.2. The molecule has 0 fully saturated rings. The van der Waals surface area contributed by atoms with Crippen LogP contribution in [0.5, 0.6) is 0 Å². The highest BCUT2D eigenvalue weighted by Crippen LogP contribution is 2.25. The van der Waals surface area contributed by atoms with Crippen LogP contribution in [0.15, 0.2) is 65.2 Å². The lowest BCUT2D eigenvalue weighted by molar-refractivity contribution is -0.268. The molecule has 1 aromatic carbocycles. The molecular formula is C20H21N3O5S. The minimum atomic E-state index is -1.40. The van der Waals surface area contributed by atoms with Crippen molar-refractivity contribution in [1.82, 2.24) is 9.55 Å². The summed E-state index contributed by atoms with van der Waals surface area (Å²) in [6.45, 7) is 0.0829. The van der Waals surface area contributed by atoms with Crippen molar-refractivity contribution in [3.05, 3.63) is 81.2 Å². The summed E-state index contributed by atoms with van der Waals surface area (Å²) in [7, 11) is 2.88. The van der Waals surface area contributed by atoms with Gasteiger partial charge in [-0.1, -0.05) is 36.4 Å². The van der Waals surface area contributed by atoms with Gasteiger partial charge in [0.1, 0.15) is 18.6 Å². The fourth-order valence-corrected chi connectivity index (χ4v) is 3.51. The summed E-state index contributed by atoms with van der Waals surface area (Å²) in [4.78, 5) is 30.1. The van der Waals surface area contributed by atoms with Crippen molar-refractivity contribution < 1.29 is 19.0 Å². The molecule has 3 rings (SSSR count). The Labute approximate surface area is 171 Å². The van der Waals surface area contributed by atoms with E-state index in [1.54, 1.807) is 0 Å². The molecule has 2 aromatic heterocycles. The zero-order valence-electron chi connectivity index (χ0n) is 16.0. The molecule has 0 bridgehead atoms. The number of aromatic nitrogens is 2. The van der Waals surface area contributed by atoms with Crippen molar-refractivity contribution in [2.75, 3.05) is 19.5 Å². The molecule has 152 valence electrons. The molecular weight excluding hydrogens is 394 g/mol. The van der Waals surface area contributed by atoms with E-state index in [0.717, 1.165) is 10.4 Å². The Kier molecular flexibility index (Phi) is 6.76. The van der Waals surface area contributed by atoms with Crippen LogP contribution in [0.3, 0.4) is 0 Å². The molecule has 0 aliphatic carbocycles. The first-order valence-corrected chi connectivity index (χ1v) is 9.63. The van der Waals surface area contributed by atoms with E-state index in [4.69, 9.17) is 14.2 Å². The molecule has 0 radical (unpaired) electrons. The van der Waals surface area contributed by atoms with Gasteiger partial charge in [0.25, 0.3) is 11.5 Å². The zero-order chi connectivity index (χ0) is 20.7. The van der Waals surface area contributed by atoms with Crippen LogP contribution >= 0.6 is 11.3 Å². The van der Waals surface area contributed by atoms with E-state index >= 15 is 0 Å². The summed E-state index contributed by atoms with van der Waals surface area (Å²) in [6.07, 6.45) is 2.10. The topological polar surface area (TPSA) is 91.7 Å². The number of carbonyl (C=O) groups is 1. The predicted molar refractivity (Wildman–Crippen MR) is 109 cm³/mol. The van der Waals surface area contributed by atoms with E-state index < -0.39 is 17.6 Å². The number of nitrogens with zero attached hydrogens (tertiary/aromatic N) is 2. The van der Waals surface area contributed by atoms with Crippen molar-refractivity contribution in [1.29, 1.82) is 0 Å². The minimum absolute atomic E-state index is 0.0461. The summed E-state index contributed by atoms with van der Waals surface area (Å²) >= 11 is 1.51. The van der Waals surface area contributed by atoms with Gasteiger partial charge in [-0.2, -0.15) is 0 Å². The van der Waals surface area contributed by atoms with E-state index in [1.807, 2.05) is 47.8 Å². The van der Waals surface area contributed by atoms with E-state index in [0.29, 0.717) is 6.42 Å². The lowest BCUT2D eigenvalue weighted by atomic mass is 10.2. The molecule has 1 amide bonds. The monoisotopic (exact) mass is 415 g/mol. The fourth-order valence-electron chi connectivity index (χ4n) is 2.75. The third-order valence-electron chi connectivity index (χ3n) is 4.27. The van der Waals surface area contributed by atoms with E-state index in [9.17, 15) is 9.59 Å². The van der Waals surface area contributed by atoms with Crippen LogP contribution in [0.25, 0.3) is 0 Å². The molecule has 29 heavy (non-hydrogen) atoms. The molecule has 0 unspecified atom stereocenters. The number of nitrogens with one attached hydrogen (secondary N) is 1. The number of rotatable bonds is 8. The maximum absolute atomic E-state index is 13.0. The SMILES string of the molecule is COC(Cc1cccs1)(OC)n1cncc(NC(=O)OCc2ccccc2)c1=O. The van der Waals surface area contributed by atoms with Gasteiger partial charge in [0, 0.05) is 19.1 Å². The third kappa shape index (κ3) is 4.89. The first-order chi connectivity index (χ1) is 14.1. The number of hydrogen-bond donors (Lipinski definition) is 1. The Morgan fingerprint density at radius 1 is 1.17 bits per heavy atom. The number of methoxy groups -OCH3 is 2. The molecule has 0 saturated carbocycles. The van der Waals surface area contributed by atoms with Crippen LogP contribution in [-0.4, -0.2) is 29.9 Å². The summed E-state index contributed by atoms with van der Waals surface area (Å²) < 4.78 is 17.5. The Bertz CT molecular complexity index is 985. The first kappa shape index (κ1) is 20.7. The molecule has 0 spiro atoms. The Morgan fingerprint density at radius 2 is 1.93 bits per heavy atom. The molecule has 2 heterocycles. The van der Waals surface area contributed by atoms with Gasteiger partial charge in [0.15, 0.2) is 0 Å². The molecule has 9 heteroatoms. The second-order valence-corrected chi connectivity index (χ2v) is 7.08. The van der Waals surface area contributed by atoms with E-state index in [1.165, 1.54) is 42.6 Å². The quantitative estimate of drug-likeness (QED) is 0.568. The van der Waals surface area contributed by atoms with Crippen molar-refractivity contribution in [2.45, 2.75) is 18.9 Å². The summed E-state index contributed by atoms with van der Waals surface area (Å²) in [6, 6.07) is 13.0. The average molecular weight is 415 g/mol. The number of hydrogen-bond acceptors (Lipinski definition) is 7. The lowest BCUT2D eigenvalue weighted by Gasteiger charge is -2.32. The van der Waals surface area contributed by atoms with Crippen LogP contribution in [0.1, 0.15) is 10.4 Å². The zero-order valence-corrected chi connectivity index (χ0v) is 16.8. The molecule has 3 aromatic rings. The minimum Gasteiger partial charge on any atom is -0.444 e. The van der Waals surface area contributed by atoms with Crippen molar-refractivity contribution >= 4 is 23.1 Å². The summed E-state index contributed by atoms with van der Waals surface area (Å²) in [5.74, 6) is -1.40. The van der Waals surface area contributed by atoms with E-state index in [2.05, 4.69) is 10.3 Å². The van der Waals surface area contributed by atoms with Crippen molar-refractivity contribution in [3.63, 3.8) is 0 Å². The van der Waals surface area contributed by atoms with Crippen molar-refractivity contribution in [2.24, 2.45) is 0 Å². The fraction of sp³-hybridized carbons (Fsp3) is 0.250. The lowest BCUT2D eigenvalue weighted by Crippen LogP contribution is -2.46. The van der Waals surface area contributed by atoms with Gasteiger partial charge in [-0.05, 0) is 17.0 Å². The van der Waals surface area contributed by atoms with Gasteiger partial charge in [-0.3, -0.25) is 10.1 Å².